The highest BCUT2D eigenvalue weighted by Gasteiger charge is 2.05. The first-order chi connectivity index (χ1) is 9.31. The van der Waals surface area contributed by atoms with E-state index < -0.39 is 0 Å². The zero-order valence-electron chi connectivity index (χ0n) is 11.3. The molecule has 0 saturated heterocycles. The molecule has 0 unspecified atom stereocenters. The zero-order valence-corrected chi connectivity index (χ0v) is 11.3. The van der Waals surface area contributed by atoms with Crippen molar-refractivity contribution >= 4 is 11.6 Å². The Hall–Kier alpha value is -1.91. The third kappa shape index (κ3) is 3.77. The maximum absolute atomic E-state index is 11.6. The summed E-state index contributed by atoms with van der Waals surface area (Å²) in [4.78, 5) is 11.6. The van der Waals surface area contributed by atoms with Gasteiger partial charge in [0, 0.05) is 25.6 Å². The summed E-state index contributed by atoms with van der Waals surface area (Å²) in [7, 11) is 0. The number of unbranched alkanes of at least 4 members (excludes halogenated alkanes) is 2. The molecule has 0 aliphatic rings. The number of fused-ring (bicyclic) bond motifs is 1. The van der Waals surface area contributed by atoms with Crippen LogP contribution < -0.4 is 5.32 Å². The van der Waals surface area contributed by atoms with E-state index >= 15 is 0 Å². The van der Waals surface area contributed by atoms with E-state index in [-0.39, 0.29) is 5.91 Å². The Balaban J connectivity index is 1.78. The minimum Gasteiger partial charge on any atom is -0.356 e. The van der Waals surface area contributed by atoms with E-state index in [1.54, 1.807) is 0 Å². The minimum atomic E-state index is 0.127. The molecular weight excluding hydrogens is 240 g/mol. The summed E-state index contributed by atoms with van der Waals surface area (Å²) < 4.78 is 1.95. The summed E-state index contributed by atoms with van der Waals surface area (Å²) in [6, 6.07) is 5.80. The molecule has 0 aromatic carbocycles. The minimum absolute atomic E-state index is 0.127. The van der Waals surface area contributed by atoms with Crippen LogP contribution in [0.4, 0.5) is 0 Å². The summed E-state index contributed by atoms with van der Waals surface area (Å²) in [6.45, 7) is 2.74. The molecule has 1 amide bonds. The van der Waals surface area contributed by atoms with E-state index in [4.69, 9.17) is 0 Å². The molecule has 0 bridgehead atoms. The van der Waals surface area contributed by atoms with Crippen LogP contribution in [0.15, 0.2) is 24.4 Å². The van der Waals surface area contributed by atoms with E-state index in [1.807, 2.05) is 28.8 Å². The van der Waals surface area contributed by atoms with Crippen LogP contribution >= 0.6 is 0 Å². The first kappa shape index (κ1) is 13.5. The lowest BCUT2D eigenvalue weighted by Gasteiger charge is -2.04. The predicted octanol–water partition coefficient (Wildman–Crippen LogP) is 1.97. The molecule has 5 nitrogen and oxygen atoms in total. The van der Waals surface area contributed by atoms with Crippen LogP contribution in [0.3, 0.4) is 0 Å². The molecule has 0 atom stereocenters. The lowest BCUT2D eigenvalue weighted by atomic mass is 10.2. The van der Waals surface area contributed by atoms with Crippen LogP contribution in [-0.4, -0.2) is 27.0 Å². The van der Waals surface area contributed by atoms with Gasteiger partial charge in [-0.1, -0.05) is 25.8 Å². The van der Waals surface area contributed by atoms with Crippen molar-refractivity contribution in [2.75, 3.05) is 6.54 Å². The van der Waals surface area contributed by atoms with Crippen LogP contribution in [0.25, 0.3) is 5.65 Å². The van der Waals surface area contributed by atoms with Crippen molar-refractivity contribution in [3.8, 4) is 0 Å². The number of hydrogen-bond acceptors (Lipinski definition) is 3. The smallest absolute Gasteiger partial charge is 0.220 e. The fraction of sp³-hybridized carbons (Fsp3) is 0.500. The molecule has 0 aliphatic heterocycles. The van der Waals surface area contributed by atoms with Crippen molar-refractivity contribution in [1.82, 2.24) is 19.9 Å². The van der Waals surface area contributed by atoms with Crippen molar-refractivity contribution in [1.29, 1.82) is 0 Å². The van der Waals surface area contributed by atoms with Gasteiger partial charge in [0.05, 0.1) is 0 Å². The van der Waals surface area contributed by atoms with Gasteiger partial charge in [0.1, 0.15) is 5.82 Å². The highest BCUT2D eigenvalue weighted by atomic mass is 16.1. The Bertz CT molecular complexity index is 535. The largest absolute Gasteiger partial charge is 0.356 e. The molecular formula is C14H20N4O. The van der Waals surface area contributed by atoms with Crippen LogP contribution in [0.1, 0.15) is 38.4 Å². The van der Waals surface area contributed by atoms with E-state index in [9.17, 15) is 4.79 Å². The second kappa shape index (κ2) is 6.87. The lowest BCUT2D eigenvalue weighted by Crippen LogP contribution is -2.25. The standard InChI is InChI=1S/C14H20N4O/c1-2-3-4-8-14(19)15-10-9-13-17-16-12-7-5-6-11-18(12)13/h5-7,11H,2-4,8-10H2,1H3,(H,15,19). The Morgan fingerprint density at radius 3 is 3.05 bits per heavy atom. The number of rotatable bonds is 7. The van der Waals surface area contributed by atoms with Crippen molar-refractivity contribution in [2.24, 2.45) is 0 Å². The molecule has 0 aliphatic carbocycles. The Kier molecular flexibility index (Phi) is 4.89. The number of aromatic nitrogens is 3. The third-order valence-electron chi connectivity index (χ3n) is 3.06. The highest BCUT2D eigenvalue weighted by Crippen LogP contribution is 2.03. The number of nitrogens with one attached hydrogen (secondary N) is 1. The van der Waals surface area contributed by atoms with E-state index in [1.165, 1.54) is 0 Å². The fourth-order valence-electron chi connectivity index (χ4n) is 2.00. The molecule has 0 saturated carbocycles. The van der Waals surface area contributed by atoms with Gasteiger partial charge < -0.3 is 5.32 Å². The second-order valence-corrected chi connectivity index (χ2v) is 4.60. The van der Waals surface area contributed by atoms with Crippen LogP contribution in [0.5, 0.6) is 0 Å². The average molecular weight is 260 g/mol. The van der Waals surface area contributed by atoms with Crippen molar-refractivity contribution < 1.29 is 4.79 Å². The van der Waals surface area contributed by atoms with Gasteiger partial charge in [0.15, 0.2) is 5.65 Å². The molecule has 102 valence electrons. The summed E-state index contributed by atoms with van der Waals surface area (Å²) in [5, 5.41) is 11.1. The maximum atomic E-state index is 11.6. The third-order valence-corrected chi connectivity index (χ3v) is 3.06. The molecule has 2 rings (SSSR count). The molecule has 2 aromatic rings. The second-order valence-electron chi connectivity index (χ2n) is 4.60. The number of amides is 1. The molecule has 2 heterocycles. The van der Waals surface area contributed by atoms with E-state index in [0.717, 1.165) is 30.7 Å². The van der Waals surface area contributed by atoms with Gasteiger partial charge in [0.2, 0.25) is 5.91 Å². The van der Waals surface area contributed by atoms with Crippen molar-refractivity contribution in [3.05, 3.63) is 30.2 Å². The van der Waals surface area contributed by atoms with Gasteiger partial charge in [-0.25, -0.2) is 0 Å². The van der Waals surface area contributed by atoms with Gasteiger partial charge in [-0.15, -0.1) is 10.2 Å². The van der Waals surface area contributed by atoms with Crippen LogP contribution in [-0.2, 0) is 11.2 Å². The highest BCUT2D eigenvalue weighted by molar-refractivity contribution is 5.75. The van der Waals surface area contributed by atoms with Gasteiger partial charge in [-0.05, 0) is 18.6 Å². The molecule has 19 heavy (non-hydrogen) atoms. The zero-order chi connectivity index (χ0) is 13.5. The van der Waals surface area contributed by atoms with Crippen molar-refractivity contribution in [3.63, 3.8) is 0 Å². The van der Waals surface area contributed by atoms with Gasteiger partial charge >= 0.3 is 0 Å². The molecule has 2 aromatic heterocycles. The number of carbonyl (C=O) groups excluding carboxylic acids is 1. The topological polar surface area (TPSA) is 59.3 Å². The molecule has 1 N–H and O–H groups in total. The fourth-order valence-corrected chi connectivity index (χ4v) is 2.00. The number of hydrogen-bond donors (Lipinski definition) is 1. The predicted molar refractivity (Wildman–Crippen MR) is 73.8 cm³/mol. The van der Waals surface area contributed by atoms with Crippen LogP contribution in [0.2, 0.25) is 0 Å². The summed E-state index contributed by atoms with van der Waals surface area (Å²) in [6.07, 6.45) is 6.48. The van der Waals surface area contributed by atoms with Crippen LogP contribution in [0, 0.1) is 0 Å². The summed E-state index contributed by atoms with van der Waals surface area (Å²) in [5.74, 6) is 1.01. The molecule has 0 spiro atoms. The summed E-state index contributed by atoms with van der Waals surface area (Å²) in [5.41, 5.74) is 0.840. The Morgan fingerprint density at radius 2 is 2.21 bits per heavy atom. The first-order valence-corrected chi connectivity index (χ1v) is 6.86. The SMILES string of the molecule is CCCCCC(=O)NCCc1nnc2ccccn12. The molecule has 5 heteroatoms. The molecule has 0 radical (unpaired) electrons. The van der Waals surface area contributed by atoms with Gasteiger partial charge in [0.25, 0.3) is 0 Å². The average Bonchev–Trinajstić information content (AvgIpc) is 2.83. The van der Waals surface area contributed by atoms with E-state index in [2.05, 4.69) is 22.4 Å². The number of nitrogens with zero attached hydrogens (tertiary/aromatic N) is 3. The van der Waals surface area contributed by atoms with Crippen molar-refractivity contribution in [2.45, 2.75) is 39.0 Å². The first-order valence-electron chi connectivity index (χ1n) is 6.86. The lowest BCUT2D eigenvalue weighted by molar-refractivity contribution is -0.121. The van der Waals surface area contributed by atoms with E-state index in [0.29, 0.717) is 19.4 Å². The molecule has 0 fully saturated rings. The monoisotopic (exact) mass is 260 g/mol. The maximum Gasteiger partial charge on any atom is 0.220 e. The van der Waals surface area contributed by atoms with Gasteiger partial charge in [-0.2, -0.15) is 0 Å². The summed E-state index contributed by atoms with van der Waals surface area (Å²) >= 11 is 0. The number of carbonyl (C=O) groups is 1. The normalized spacial score (nSPS) is 10.8. The Labute approximate surface area is 113 Å². The number of pyridine rings is 1. The quantitative estimate of drug-likeness (QED) is 0.774. The Morgan fingerprint density at radius 1 is 1.32 bits per heavy atom. The van der Waals surface area contributed by atoms with Gasteiger partial charge in [-0.3, -0.25) is 9.20 Å².